The van der Waals surface area contributed by atoms with Crippen molar-refractivity contribution in [3.05, 3.63) is 16.1 Å². The van der Waals surface area contributed by atoms with E-state index >= 15 is 0 Å². The molecular weight excluding hydrogens is 220 g/mol. The van der Waals surface area contributed by atoms with Gasteiger partial charge in [-0.15, -0.1) is 11.3 Å². The SMILES string of the molecule is CCN(CCO)Cc1cnc(CC(C)C)s1. The lowest BCUT2D eigenvalue weighted by molar-refractivity contribution is 0.198. The summed E-state index contributed by atoms with van der Waals surface area (Å²) in [7, 11) is 0. The molecular formula is C12H22N2OS. The molecule has 16 heavy (non-hydrogen) atoms. The van der Waals surface area contributed by atoms with Gasteiger partial charge in [-0.3, -0.25) is 4.90 Å². The van der Waals surface area contributed by atoms with Crippen LogP contribution in [0.5, 0.6) is 0 Å². The minimum absolute atomic E-state index is 0.228. The van der Waals surface area contributed by atoms with Crippen molar-refractivity contribution in [1.29, 1.82) is 0 Å². The first kappa shape index (κ1) is 13.6. The number of aromatic nitrogens is 1. The summed E-state index contributed by atoms with van der Waals surface area (Å²) in [6, 6.07) is 0. The highest BCUT2D eigenvalue weighted by molar-refractivity contribution is 7.11. The minimum Gasteiger partial charge on any atom is -0.395 e. The van der Waals surface area contributed by atoms with Crippen LogP contribution in [0.1, 0.15) is 30.7 Å². The van der Waals surface area contributed by atoms with Crippen LogP contribution in [0.15, 0.2) is 6.20 Å². The summed E-state index contributed by atoms with van der Waals surface area (Å²) in [5, 5.41) is 10.1. The molecule has 0 saturated heterocycles. The van der Waals surface area contributed by atoms with Gasteiger partial charge in [-0.2, -0.15) is 0 Å². The van der Waals surface area contributed by atoms with E-state index in [-0.39, 0.29) is 6.61 Å². The number of thiazole rings is 1. The molecule has 1 N–H and O–H groups in total. The van der Waals surface area contributed by atoms with Crippen LogP contribution in [0, 0.1) is 5.92 Å². The molecule has 0 spiro atoms. The maximum atomic E-state index is 8.92. The number of aliphatic hydroxyl groups is 1. The zero-order valence-corrected chi connectivity index (χ0v) is 11.3. The molecule has 1 aromatic rings. The first-order valence-electron chi connectivity index (χ1n) is 5.92. The second-order valence-electron chi connectivity index (χ2n) is 4.41. The molecule has 0 fully saturated rings. The molecule has 0 aliphatic carbocycles. The summed E-state index contributed by atoms with van der Waals surface area (Å²) in [6.45, 7) is 9.40. The van der Waals surface area contributed by atoms with Gasteiger partial charge in [0.05, 0.1) is 11.6 Å². The molecule has 92 valence electrons. The Morgan fingerprint density at radius 2 is 2.25 bits per heavy atom. The number of likely N-dealkylation sites (N-methyl/N-ethyl adjacent to an activating group) is 1. The molecule has 0 radical (unpaired) electrons. The van der Waals surface area contributed by atoms with Gasteiger partial charge in [-0.05, 0) is 12.5 Å². The molecule has 0 aliphatic rings. The summed E-state index contributed by atoms with van der Waals surface area (Å²) >= 11 is 1.80. The van der Waals surface area contributed by atoms with Gasteiger partial charge in [-0.1, -0.05) is 20.8 Å². The molecule has 0 aromatic carbocycles. The lowest BCUT2D eigenvalue weighted by Gasteiger charge is -2.17. The van der Waals surface area contributed by atoms with Gasteiger partial charge < -0.3 is 5.11 Å². The fourth-order valence-corrected chi connectivity index (χ4v) is 2.75. The van der Waals surface area contributed by atoms with E-state index in [0.29, 0.717) is 5.92 Å². The summed E-state index contributed by atoms with van der Waals surface area (Å²) in [5.41, 5.74) is 0. The molecule has 0 aliphatic heterocycles. The average Bonchev–Trinajstić information content (AvgIpc) is 2.64. The predicted octanol–water partition coefficient (Wildman–Crippen LogP) is 2.16. The van der Waals surface area contributed by atoms with Crippen LogP contribution >= 0.6 is 11.3 Å². The van der Waals surface area contributed by atoms with Gasteiger partial charge >= 0.3 is 0 Å². The largest absolute Gasteiger partial charge is 0.395 e. The molecule has 0 amide bonds. The summed E-state index contributed by atoms with van der Waals surface area (Å²) in [4.78, 5) is 7.96. The summed E-state index contributed by atoms with van der Waals surface area (Å²) in [6.07, 6.45) is 3.04. The van der Waals surface area contributed by atoms with Crippen molar-refractivity contribution in [2.75, 3.05) is 19.7 Å². The summed E-state index contributed by atoms with van der Waals surface area (Å²) < 4.78 is 0. The van der Waals surface area contributed by atoms with Crippen LogP contribution in [-0.4, -0.2) is 34.7 Å². The van der Waals surface area contributed by atoms with Gasteiger partial charge in [-0.25, -0.2) is 4.98 Å². The molecule has 0 bridgehead atoms. The Balaban J connectivity index is 2.50. The van der Waals surface area contributed by atoms with E-state index in [4.69, 9.17) is 5.11 Å². The number of aliphatic hydroxyl groups excluding tert-OH is 1. The van der Waals surface area contributed by atoms with E-state index in [0.717, 1.165) is 26.1 Å². The third kappa shape index (κ3) is 4.60. The monoisotopic (exact) mass is 242 g/mol. The number of hydrogen-bond donors (Lipinski definition) is 1. The molecule has 4 heteroatoms. The number of hydrogen-bond acceptors (Lipinski definition) is 4. The Hall–Kier alpha value is -0.450. The zero-order valence-electron chi connectivity index (χ0n) is 10.4. The van der Waals surface area contributed by atoms with Crippen molar-refractivity contribution in [2.45, 2.75) is 33.7 Å². The molecule has 1 rings (SSSR count). The second kappa shape index (κ2) is 6.99. The van der Waals surface area contributed by atoms with E-state index in [1.165, 1.54) is 9.88 Å². The molecule has 0 saturated carbocycles. The summed E-state index contributed by atoms with van der Waals surface area (Å²) in [5.74, 6) is 0.665. The van der Waals surface area contributed by atoms with Crippen molar-refractivity contribution in [3.8, 4) is 0 Å². The highest BCUT2D eigenvalue weighted by atomic mass is 32.1. The second-order valence-corrected chi connectivity index (χ2v) is 5.61. The van der Waals surface area contributed by atoms with Crippen molar-refractivity contribution >= 4 is 11.3 Å². The van der Waals surface area contributed by atoms with Crippen molar-refractivity contribution in [3.63, 3.8) is 0 Å². The zero-order chi connectivity index (χ0) is 12.0. The fourth-order valence-electron chi connectivity index (χ4n) is 1.58. The third-order valence-electron chi connectivity index (χ3n) is 2.43. The van der Waals surface area contributed by atoms with Crippen LogP contribution in [0.25, 0.3) is 0 Å². The van der Waals surface area contributed by atoms with E-state index in [2.05, 4.69) is 30.7 Å². The Bertz CT molecular complexity index is 299. The highest BCUT2D eigenvalue weighted by Crippen LogP contribution is 2.18. The average molecular weight is 242 g/mol. The first-order valence-corrected chi connectivity index (χ1v) is 6.74. The molecule has 3 nitrogen and oxygen atoms in total. The topological polar surface area (TPSA) is 36.4 Å². The standard InChI is InChI=1S/C12H22N2OS/c1-4-14(5-6-15)9-11-8-13-12(16-11)7-10(2)3/h8,10,15H,4-7,9H2,1-3H3. The first-order chi connectivity index (χ1) is 7.65. The van der Waals surface area contributed by atoms with Crippen LogP contribution < -0.4 is 0 Å². The van der Waals surface area contributed by atoms with E-state index in [1.807, 2.05) is 6.20 Å². The van der Waals surface area contributed by atoms with Gasteiger partial charge in [0.2, 0.25) is 0 Å². The highest BCUT2D eigenvalue weighted by Gasteiger charge is 2.07. The Labute approximate surface area is 102 Å². The fraction of sp³-hybridized carbons (Fsp3) is 0.750. The molecule has 0 atom stereocenters. The van der Waals surface area contributed by atoms with Gasteiger partial charge in [0.1, 0.15) is 0 Å². The van der Waals surface area contributed by atoms with E-state index < -0.39 is 0 Å². The van der Waals surface area contributed by atoms with Crippen molar-refractivity contribution < 1.29 is 5.11 Å². The maximum absolute atomic E-state index is 8.92. The van der Waals surface area contributed by atoms with Gasteiger partial charge in [0.15, 0.2) is 0 Å². The lowest BCUT2D eigenvalue weighted by atomic mass is 10.1. The van der Waals surface area contributed by atoms with Gasteiger partial charge in [0.25, 0.3) is 0 Å². The smallest absolute Gasteiger partial charge is 0.0930 e. The quantitative estimate of drug-likeness (QED) is 0.796. The Kier molecular flexibility index (Phi) is 5.95. The molecule has 0 unspecified atom stereocenters. The lowest BCUT2D eigenvalue weighted by Crippen LogP contribution is -2.25. The predicted molar refractivity (Wildman–Crippen MR) is 68.7 cm³/mol. The van der Waals surface area contributed by atoms with Crippen molar-refractivity contribution in [2.24, 2.45) is 5.92 Å². The number of rotatable bonds is 7. The van der Waals surface area contributed by atoms with Crippen molar-refractivity contribution in [1.82, 2.24) is 9.88 Å². The van der Waals surface area contributed by atoms with Gasteiger partial charge in [0, 0.05) is 30.6 Å². The van der Waals surface area contributed by atoms with Crippen LogP contribution in [0.2, 0.25) is 0 Å². The van der Waals surface area contributed by atoms with Crippen LogP contribution in [0.3, 0.4) is 0 Å². The van der Waals surface area contributed by atoms with Crippen LogP contribution in [-0.2, 0) is 13.0 Å². The number of nitrogens with zero attached hydrogens (tertiary/aromatic N) is 2. The van der Waals surface area contributed by atoms with Crippen LogP contribution in [0.4, 0.5) is 0 Å². The Morgan fingerprint density at radius 3 is 2.81 bits per heavy atom. The van der Waals surface area contributed by atoms with E-state index in [1.54, 1.807) is 11.3 Å². The Morgan fingerprint density at radius 1 is 1.50 bits per heavy atom. The normalized spacial score (nSPS) is 11.6. The third-order valence-corrected chi connectivity index (χ3v) is 3.43. The molecule has 1 aromatic heterocycles. The maximum Gasteiger partial charge on any atom is 0.0930 e. The molecule has 1 heterocycles. The minimum atomic E-state index is 0.228. The van der Waals surface area contributed by atoms with E-state index in [9.17, 15) is 0 Å².